The first kappa shape index (κ1) is 14.0. The molecule has 20 heavy (non-hydrogen) atoms. The monoisotopic (exact) mass is 295 g/mol. The second-order valence-electron chi connectivity index (χ2n) is 5.86. The van der Waals surface area contributed by atoms with Gasteiger partial charge in [0.15, 0.2) is 0 Å². The van der Waals surface area contributed by atoms with Gasteiger partial charge in [0.05, 0.1) is 17.1 Å². The molecule has 2 aliphatic rings. The number of ether oxygens (including phenoxy) is 1. The number of hydrogen-bond donors (Lipinski definition) is 0. The van der Waals surface area contributed by atoms with Crippen molar-refractivity contribution in [2.24, 2.45) is 0 Å². The summed E-state index contributed by atoms with van der Waals surface area (Å²) in [5.41, 5.74) is 2.49. The molecule has 0 bridgehead atoms. The molecule has 3 rings (SSSR count). The van der Waals surface area contributed by atoms with E-state index in [-0.39, 0.29) is 12.2 Å². The van der Waals surface area contributed by atoms with E-state index in [1.165, 1.54) is 11.1 Å². The van der Waals surface area contributed by atoms with Gasteiger partial charge in [0.2, 0.25) is 10.0 Å². The minimum Gasteiger partial charge on any atom is -0.373 e. The van der Waals surface area contributed by atoms with Crippen molar-refractivity contribution in [1.29, 1.82) is 0 Å². The van der Waals surface area contributed by atoms with Crippen LogP contribution in [-0.2, 0) is 27.6 Å². The van der Waals surface area contributed by atoms with Gasteiger partial charge in [-0.05, 0) is 56.4 Å². The Balaban J connectivity index is 1.91. The highest BCUT2D eigenvalue weighted by Gasteiger charge is 2.32. The number of sulfonamides is 1. The lowest BCUT2D eigenvalue weighted by Gasteiger charge is -2.34. The third-order valence-corrected chi connectivity index (χ3v) is 5.92. The van der Waals surface area contributed by atoms with Crippen molar-refractivity contribution in [1.82, 2.24) is 4.31 Å². The van der Waals surface area contributed by atoms with E-state index in [1.54, 1.807) is 10.4 Å². The predicted octanol–water partition coefficient (Wildman–Crippen LogP) is 1.97. The maximum atomic E-state index is 12.7. The van der Waals surface area contributed by atoms with Crippen LogP contribution < -0.4 is 0 Å². The lowest BCUT2D eigenvalue weighted by Crippen LogP contribution is -2.48. The topological polar surface area (TPSA) is 46.6 Å². The third kappa shape index (κ3) is 2.50. The lowest BCUT2D eigenvalue weighted by molar-refractivity contribution is -0.0440. The van der Waals surface area contributed by atoms with Crippen LogP contribution in [-0.4, -0.2) is 38.0 Å². The highest BCUT2D eigenvalue weighted by atomic mass is 32.2. The molecular weight excluding hydrogens is 274 g/mol. The Morgan fingerprint density at radius 2 is 1.75 bits per heavy atom. The van der Waals surface area contributed by atoms with Crippen LogP contribution in [0.15, 0.2) is 23.1 Å². The lowest BCUT2D eigenvalue weighted by atomic mass is 10.1. The number of aryl methyl sites for hydroxylation is 2. The van der Waals surface area contributed by atoms with Gasteiger partial charge in [-0.25, -0.2) is 8.42 Å². The summed E-state index contributed by atoms with van der Waals surface area (Å²) in [6.45, 7) is 4.70. The first-order valence-electron chi connectivity index (χ1n) is 7.24. The third-order valence-electron chi connectivity index (χ3n) is 4.09. The SMILES string of the molecule is C[C@@H]1CN(S(=O)(=O)c2ccc3c(c2)CCC3)C[C@@H](C)O1. The van der Waals surface area contributed by atoms with E-state index in [2.05, 4.69) is 0 Å². The van der Waals surface area contributed by atoms with Crippen LogP contribution in [0.1, 0.15) is 31.4 Å². The van der Waals surface area contributed by atoms with Crippen molar-refractivity contribution in [3.63, 3.8) is 0 Å². The molecule has 1 saturated heterocycles. The van der Waals surface area contributed by atoms with Crippen LogP contribution >= 0.6 is 0 Å². The number of morpholine rings is 1. The molecule has 5 heteroatoms. The van der Waals surface area contributed by atoms with Crippen LogP contribution in [0.5, 0.6) is 0 Å². The molecule has 1 aliphatic heterocycles. The fourth-order valence-corrected chi connectivity index (χ4v) is 4.83. The van der Waals surface area contributed by atoms with E-state index in [9.17, 15) is 8.42 Å². The molecule has 1 aromatic rings. The summed E-state index contributed by atoms with van der Waals surface area (Å²) in [6.07, 6.45) is 3.09. The number of rotatable bonds is 2. The first-order chi connectivity index (χ1) is 9.46. The number of nitrogens with zero attached hydrogens (tertiary/aromatic N) is 1. The summed E-state index contributed by atoms with van der Waals surface area (Å²) in [4.78, 5) is 0.430. The van der Waals surface area contributed by atoms with Crippen LogP contribution in [0.2, 0.25) is 0 Å². The Morgan fingerprint density at radius 3 is 2.45 bits per heavy atom. The van der Waals surface area contributed by atoms with Crippen LogP contribution in [0.25, 0.3) is 0 Å². The average molecular weight is 295 g/mol. The van der Waals surface area contributed by atoms with Gasteiger partial charge in [0.1, 0.15) is 0 Å². The van der Waals surface area contributed by atoms with Gasteiger partial charge in [-0.3, -0.25) is 0 Å². The van der Waals surface area contributed by atoms with Gasteiger partial charge >= 0.3 is 0 Å². The summed E-state index contributed by atoms with van der Waals surface area (Å²) in [5, 5.41) is 0. The van der Waals surface area contributed by atoms with E-state index < -0.39 is 10.0 Å². The highest BCUT2D eigenvalue weighted by molar-refractivity contribution is 7.89. The second kappa shape index (κ2) is 5.13. The minimum absolute atomic E-state index is 0.0528. The van der Waals surface area contributed by atoms with Gasteiger partial charge in [0.25, 0.3) is 0 Å². The normalized spacial score (nSPS) is 27.5. The fourth-order valence-electron chi connectivity index (χ4n) is 3.18. The second-order valence-corrected chi connectivity index (χ2v) is 7.80. The Labute approximate surface area is 120 Å². The van der Waals surface area contributed by atoms with Crippen LogP contribution in [0.3, 0.4) is 0 Å². The molecular formula is C15H21NO3S. The molecule has 1 heterocycles. The largest absolute Gasteiger partial charge is 0.373 e. The van der Waals surface area contributed by atoms with Crippen LogP contribution in [0.4, 0.5) is 0 Å². The zero-order valence-electron chi connectivity index (χ0n) is 12.0. The maximum absolute atomic E-state index is 12.7. The van der Waals surface area contributed by atoms with Crippen molar-refractivity contribution < 1.29 is 13.2 Å². The molecule has 0 unspecified atom stereocenters. The fraction of sp³-hybridized carbons (Fsp3) is 0.600. The number of hydrogen-bond acceptors (Lipinski definition) is 3. The molecule has 4 nitrogen and oxygen atoms in total. The van der Waals surface area contributed by atoms with Crippen molar-refractivity contribution in [3.8, 4) is 0 Å². The number of benzene rings is 1. The smallest absolute Gasteiger partial charge is 0.243 e. The molecule has 2 atom stereocenters. The molecule has 0 aromatic heterocycles. The molecule has 0 N–H and O–H groups in total. The zero-order valence-corrected chi connectivity index (χ0v) is 12.8. The van der Waals surface area contributed by atoms with E-state index >= 15 is 0 Å². The molecule has 0 amide bonds. The quantitative estimate of drug-likeness (QED) is 0.838. The summed E-state index contributed by atoms with van der Waals surface area (Å²) in [5.74, 6) is 0. The maximum Gasteiger partial charge on any atom is 0.243 e. The van der Waals surface area contributed by atoms with E-state index in [4.69, 9.17) is 4.74 Å². The molecule has 1 aromatic carbocycles. The van der Waals surface area contributed by atoms with Crippen LogP contribution in [0, 0.1) is 0 Å². The molecule has 0 spiro atoms. The Bertz CT molecular complexity index is 602. The standard InChI is InChI=1S/C15H21NO3S/c1-11-9-16(10-12(2)19-11)20(17,18)15-7-6-13-4-3-5-14(13)8-15/h6-8,11-12H,3-5,9-10H2,1-2H3/t11-,12-/m1/s1. The van der Waals surface area contributed by atoms with E-state index in [1.807, 2.05) is 26.0 Å². The average Bonchev–Trinajstić information content (AvgIpc) is 2.84. The van der Waals surface area contributed by atoms with Gasteiger partial charge in [-0.1, -0.05) is 6.07 Å². The number of fused-ring (bicyclic) bond motifs is 1. The molecule has 1 fully saturated rings. The van der Waals surface area contributed by atoms with E-state index in [0.29, 0.717) is 18.0 Å². The van der Waals surface area contributed by atoms with Crippen molar-refractivity contribution >= 4 is 10.0 Å². The van der Waals surface area contributed by atoms with Crippen molar-refractivity contribution in [2.75, 3.05) is 13.1 Å². The molecule has 0 radical (unpaired) electrons. The van der Waals surface area contributed by atoms with Gasteiger partial charge in [-0.15, -0.1) is 0 Å². The van der Waals surface area contributed by atoms with Crippen molar-refractivity contribution in [2.45, 2.75) is 50.2 Å². The summed E-state index contributed by atoms with van der Waals surface area (Å²) in [7, 11) is -3.40. The Kier molecular flexibility index (Phi) is 3.60. The molecule has 1 aliphatic carbocycles. The van der Waals surface area contributed by atoms with Gasteiger partial charge in [-0.2, -0.15) is 4.31 Å². The highest BCUT2D eigenvalue weighted by Crippen LogP contribution is 2.27. The summed E-state index contributed by atoms with van der Waals surface area (Å²) >= 11 is 0. The van der Waals surface area contributed by atoms with Gasteiger partial charge < -0.3 is 4.74 Å². The summed E-state index contributed by atoms with van der Waals surface area (Å²) in [6, 6.07) is 5.59. The van der Waals surface area contributed by atoms with Gasteiger partial charge in [0, 0.05) is 13.1 Å². The Morgan fingerprint density at radius 1 is 1.10 bits per heavy atom. The summed E-state index contributed by atoms with van der Waals surface area (Å²) < 4.78 is 32.7. The molecule has 110 valence electrons. The van der Waals surface area contributed by atoms with Crippen molar-refractivity contribution in [3.05, 3.63) is 29.3 Å². The Hall–Kier alpha value is -0.910. The first-order valence-corrected chi connectivity index (χ1v) is 8.68. The molecule has 0 saturated carbocycles. The minimum atomic E-state index is -3.40. The predicted molar refractivity (Wildman–Crippen MR) is 77.2 cm³/mol. The van der Waals surface area contributed by atoms with E-state index in [0.717, 1.165) is 19.3 Å². The zero-order chi connectivity index (χ0) is 14.3.